The van der Waals surface area contributed by atoms with Crippen molar-refractivity contribution in [2.45, 2.75) is 44.6 Å². The van der Waals surface area contributed by atoms with Crippen LogP contribution >= 0.6 is 12.4 Å². The number of hydrogen-bond donors (Lipinski definition) is 3. The number of aliphatic carboxylic acids is 1. The molecule has 0 aromatic heterocycles. The number of ether oxygens (including phenoxy) is 1. The van der Waals surface area contributed by atoms with Crippen molar-refractivity contribution in [3.63, 3.8) is 0 Å². The molecule has 158 valence electrons. The van der Waals surface area contributed by atoms with E-state index in [0.29, 0.717) is 35.8 Å². The molecule has 4 N–H and O–H groups in total. The molecule has 1 fully saturated rings. The molecule has 1 amide bonds. The van der Waals surface area contributed by atoms with Gasteiger partial charge in [0.2, 0.25) is 0 Å². The van der Waals surface area contributed by atoms with Crippen molar-refractivity contribution in [3.05, 3.63) is 41.2 Å². The molecule has 1 aliphatic heterocycles. The van der Waals surface area contributed by atoms with Crippen molar-refractivity contribution in [1.82, 2.24) is 4.90 Å². The minimum atomic E-state index is -0.744. The molecular formula is C21H28ClN3O4. The van der Waals surface area contributed by atoms with E-state index in [1.165, 1.54) is 0 Å². The van der Waals surface area contributed by atoms with Crippen molar-refractivity contribution in [2.24, 2.45) is 11.7 Å². The van der Waals surface area contributed by atoms with E-state index in [4.69, 9.17) is 21.0 Å². The summed E-state index contributed by atoms with van der Waals surface area (Å²) in [5.41, 5.74) is 7.46. The number of nitrogens with one attached hydrogen (secondary N) is 1. The third-order valence-electron chi connectivity index (χ3n) is 5.82. The van der Waals surface area contributed by atoms with Crippen molar-refractivity contribution < 1.29 is 19.4 Å². The molecule has 0 bridgehead atoms. The zero-order valence-electron chi connectivity index (χ0n) is 16.5. The van der Waals surface area contributed by atoms with Crippen LogP contribution in [0.2, 0.25) is 0 Å². The van der Waals surface area contributed by atoms with Crippen LogP contribution in [0.1, 0.15) is 49.7 Å². The molecule has 1 saturated carbocycles. The fraction of sp³-hybridized carbons (Fsp3) is 0.476. The Hall–Kier alpha value is -2.54. The highest BCUT2D eigenvalue weighted by Crippen LogP contribution is 2.36. The normalized spacial score (nSPS) is 21.7. The fourth-order valence-electron chi connectivity index (χ4n) is 4.20. The summed E-state index contributed by atoms with van der Waals surface area (Å²) in [7, 11) is 1.58. The van der Waals surface area contributed by atoms with Crippen LogP contribution in [0, 0.1) is 11.3 Å². The molecule has 2 aliphatic rings. The number of nitrogens with two attached hydrogens (primary N) is 1. The third kappa shape index (κ3) is 5.09. The van der Waals surface area contributed by atoms with Gasteiger partial charge in [-0.2, -0.15) is 0 Å². The minimum absolute atomic E-state index is 0. The molecule has 1 aliphatic carbocycles. The topological polar surface area (TPSA) is 117 Å². The number of nitrogens with zero attached hydrogens (tertiary/aromatic N) is 1. The van der Waals surface area contributed by atoms with Crippen LogP contribution in [-0.2, 0) is 14.3 Å². The molecule has 0 spiro atoms. The van der Waals surface area contributed by atoms with E-state index in [-0.39, 0.29) is 36.6 Å². The van der Waals surface area contributed by atoms with Gasteiger partial charge < -0.3 is 20.5 Å². The average Bonchev–Trinajstić information content (AvgIpc) is 3.03. The number of nitrogen functional groups attached to an aromatic ring is 1. The summed E-state index contributed by atoms with van der Waals surface area (Å²) in [6.45, 7) is 0.462. The molecule has 1 heterocycles. The molecule has 8 heteroatoms. The highest BCUT2D eigenvalue weighted by Gasteiger charge is 2.38. The third-order valence-corrected chi connectivity index (χ3v) is 5.82. The van der Waals surface area contributed by atoms with E-state index in [0.717, 1.165) is 31.2 Å². The first-order valence-corrected chi connectivity index (χ1v) is 9.65. The molecular weight excluding hydrogens is 394 g/mol. The highest BCUT2D eigenvalue weighted by molar-refractivity contribution is 6.22. The van der Waals surface area contributed by atoms with Crippen LogP contribution in [0.4, 0.5) is 0 Å². The molecule has 3 rings (SSSR count). The summed E-state index contributed by atoms with van der Waals surface area (Å²) >= 11 is 0. The monoisotopic (exact) mass is 421 g/mol. The average molecular weight is 422 g/mol. The van der Waals surface area contributed by atoms with Gasteiger partial charge in [0.15, 0.2) is 0 Å². The Morgan fingerprint density at radius 3 is 2.38 bits per heavy atom. The lowest BCUT2D eigenvalue weighted by molar-refractivity contribution is -0.137. The van der Waals surface area contributed by atoms with Gasteiger partial charge in [0.25, 0.3) is 5.91 Å². The Kier molecular flexibility index (Phi) is 7.67. The minimum Gasteiger partial charge on any atom is -0.498 e. The number of amidine groups is 1. The van der Waals surface area contributed by atoms with E-state index in [1.54, 1.807) is 31.4 Å². The molecule has 0 radical (unpaired) electrons. The number of amides is 1. The smallest absolute Gasteiger partial charge is 0.303 e. The lowest BCUT2D eigenvalue weighted by atomic mass is 9.83. The van der Waals surface area contributed by atoms with Gasteiger partial charge in [0, 0.05) is 18.0 Å². The van der Waals surface area contributed by atoms with E-state index in [1.807, 2.05) is 4.90 Å². The number of halogens is 1. The second kappa shape index (κ2) is 9.78. The van der Waals surface area contributed by atoms with Gasteiger partial charge in [0.05, 0.1) is 19.2 Å². The van der Waals surface area contributed by atoms with Crippen molar-refractivity contribution in [1.29, 1.82) is 5.41 Å². The van der Waals surface area contributed by atoms with Gasteiger partial charge in [-0.3, -0.25) is 15.0 Å². The lowest BCUT2D eigenvalue weighted by Crippen LogP contribution is -2.40. The predicted molar refractivity (Wildman–Crippen MR) is 113 cm³/mol. The molecule has 1 aromatic rings. The van der Waals surface area contributed by atoms with Crippen LogP contribution in [0.5, 0.6) is 0 Å². The summed E-state index contributed by atoms with van der Waals surface area (Å²) in [4.78, 5) is 25.8. The van der Waals surface area contributed by atoms with Gasteiger partial charge in [-0.25, -0.2) is 0 Å². The summed E-state index contributed by atoms with van der Waals surface area (Å²) in [6, 6.07) is 7.24. The zero-order valence-corrected chi connectivity index (χ0v) is 17.3. The number of benzene rings is 1. The second-order valence-corrected chi connectivity index (χ2v) is 7.53. The first-order valence-electron chi connectivity index (χ1n) is 9.65. The van der Waals surface area contributed by atoms with Crippen LogP contribution in [0.25, 0.3) is 5.57 Å². The van der Waals surface area contributed by atoms with E-state index < -0.39 is 5.97 Å². The Morgan fingerprint density at radius 2 is 1.86 bits per heavy atom. The summed E-state index contributed by atoms with van der Waals surface area (Å²) < 4.78 is 5.52. The zero-order chi connectivity index (χ0) is 20.3. The maximum absolute atomic E-state index is 13.1. The number of carbonyl (C=O) groups excluding carboxylic acids is 1. The van der Waals surface area contributed by atoms with Crippen molar-refractivity contribution in [2.75, 3.05) is 13.7 Å². The largest absolute Gasteiger partial charge is 0.498 e. The number of carboxylic acid groups (broad SMARTS) is 1. The maximum atomic E-state index is 13.1. The van der Waals surface area contributed by atoms with Crippen LogP contribution < -0.4 is 5.73 Å². The molecule has 0 unspecified atom stereocenters. The van der Waals surface area contributed by atoms with Gasteiger partial charge in [-0.05, 0) is 43.6 Å². The van der Waals surface area contributed by atoms with Crippen LogP contribution in [0.15, 0.2) is 30.0 Å². The maximum Gasteiger partial charge on any atom is 0.303 e. The summed E-state index contributed by atoms with van der Waals surface area (Å²) in [6.07, 6.45) is 4.62. The molecule has 29 heavy (non-hydrogen) atoms. The second-order valence-electron chi connectivity index (χ2n) is 7.53. The van der Waals surface area contributed by atoms with E-state index >= 15 is 0 Å². The Labute approximate surface area is 176 Å². The van der Waals surface area contributed by atoms with Gasteiger partial charge in [-0.15, -0.1) is 12.4 Å². The molecule has 0 atom stereocenters. The molecule has 0 saturated heterocycles. The van der Waals surface area contributed by atoms with E-state index in [9.17, 15) is 9.59 Å². The Morgan fingerprint density at radius 1 is 1.24 bits per heavy atom. The molecule has 1 aromatic carbocycles. The number of carbonyl (C=O) groups is 2. The molecule has 7 nitrogen and oxygen atoms in total. The van der Waals surface area contributed by atoms with Crippen LogP contribution in [0.3, 0.4) is 0 Å². The van der Waals surface area contributed by atoms with Crippen LogP contribution in [-0.4, -0.2) is 47.4 Å². The van der Waals surface area contributed by atoms with Crippen molar-refractivity contribution in [3.8, 4) is 0 Å². The van der Waals surface area contributed by atoms with E-state index in [2.05, 4.69) is 0 Å². The van der Waals surface area contributed by atoms with Gasteiger partial charge in [0.1, 0.15) is 11.6 Å². The highest BCUT2D eigenvalue weighted by atomic mass is 35.5. The standard InChI is InChI=1S/C21H27N3O4.ClH/c1-28-17-12-24(16-9-2-13(3-10-16)4-11-18(25)26)21(27)19(17)14-5-7-15(8-6-14)20(22)23;/h5-8,13,16H,2-4,9-12H2,1H3,(H3,22,23)(H,25,26);1H. The fourth-order valence-corrected chi connectivity index (χ4v) is 4.20. The number of hydrogen-bond acceptors (Lipinski definition) is 4. The van der Waals surface area contributed by atoms with Gasteiger partial charge in [-0.1, -0.05) is 24.3 Å². The van der Waals surface area contributed by atoms with Gasteiger partial charge >= 0.3 is 5.97 Å². The SMILES string of the molecule is COC1=C(c2ccc(C(=N)N)cc2)C(=O)N(C2CCC(CCC(=O)O)CC2)C1.Cl. The number of rotatable bonds is 7. The van der Waals surface area contributed by atoms with Crippen molar-refractivity contribution >= 4 is 35.7 Å². The number of methoxy groups -OCH3 is 1. The number of carboxylic acids is 1. The first kappa shape index (κ1) is 22.7. The predicted octanol–water partition coefficient (Wildman–Crippen LogP) is 3.02. The lowest BCUT2D eigenvalue weighted by Gasteiger charge is -2.34. The Balaban J connectivity index is 0.00000300. The quantitative estimate of drug-likeness (QED) is 0.462. The summed E-state index contributed by atoms with van der Waals surface area (Å²) in [5.74, 6) is 0.311. The summed E-state index contributed by atoms with van der Waals surface area (Å²) in [5, 5.41) is 16.4. The first-order chi connectivity index (χ1) is 13.4. The Bertz CT molecular complexity index is 799.